The molecule has 2 aromatic carbocycles. The summed E-state index contributed by atoms with van der Waals surface area (Å²) in [5.74, 6) is -1.20. The van der Waals surface area contributed by atoms with Gasteiger partial charge in [0.05, 0.1) is 17.4 Å². The molecule has 0 atom stereocenters. The summed E-state index contributed by atoms with van der Waals surface area (Å²) in [6.45, 7) is 7.76. The van der Waals surface area contributed by atoms with Crippen molar-refractivity contribution in [2.75, 3.05) is 5.32 Å². The number of hydrogen-bond acceptors (Lipinski definition) is 4. The van der Waals surface area contributed by atoms with E-state index in [1.54, 1.807) is 24.3 Å². The summed E-state index contributed by atoms with van der Waals surface area (Å²) in [7, 11) is 0. The second kappa shape index (κ2) is 10.3. The van der Waals surface area contributed by atoms with E-state index in [1.807, 2.05) is 52.0 Å². The van der Waals surface area contributed by atoms with E-state index in [9.17, 15) is 14.4 Å². The van der Waals surface area contributed by atoms with E-state index in [-0.39, 0.29) is 30.3 Å². The summed E-state index contributed by atoms with van der Waals surface area (Å²) >= 11 is 0. The Morgan fingerprint density at radius 2 is 1.55 bits per heavy atom. The molecule has 0 saturated carbocycles. The molecule has 0 aromatic heterocycles. The van der Waals surface area contributed by atoms with Crippen LogP contribution >= 0.6 is 0 Å². The number of benzene rings is 2. The molecule has 3 amide bonds. The molecule has 0 aliphatic carbocycles. The molecule has 0 unspecified atom stereocenters. The van der Waals surface area contributed by atoms with Crippen molar-refractivity contribution in [3.05, 3.63) is 59.7 Å². The fourth-order valence-corrected chi connectivity index (χ4v) is 2.53. The lowest BCUT2D eigenvalue weighted by Gasteiger charge is -2.13. The molecule has 0 aliphatic heterocycles. The van der Waals surface area contributed by atoms with Gasteiger partial charge in [0.1, 0.15) is 5.75 Å². The monoisotopic (exact) mass is 397 g/mol. The van der Waals surface area contributed by atoms with E-state index in [2.05, 4.69) is 16.0 Å². The molecule has 0 radical (unpaired) electrons. The average molecular weight is 397 g/mol. The average Bonchev–Trinajstić information content (AvgIpc) is 2.66. The highest BCUT2D eigenvalue weighted by molar-refractivity contribution is 6.40. The van der Waals surface area contributed by atoms with Crippen molar-refractivity contribution in [2.45, 2.75) is 46.4 Å². The number of amides is 3. The zero-order valence-corrected chi connectivity index (χ0v) is 17.1. The first-order valence-corrected chi connectivity index (χ1v) is 9.51. The van der Waals surface area contributed by atoms with Gasteiger partial charge < -0.3 is 20.7 Å². The number of hydrogen-bond donors (Lipinski definition) is 3. The second-order valence-electron chi connectivity index (χ2n) is 7.12. The van der Waals surface area contributed by atoms with Crippen LogP contribution in [0.3, 0.4) is 0 Å². The zero-order valence-electron chi connectivity index (χ0n) is 17.1. The van der Waals surface area contributed by atoms with Crippen molar-refractivity contribution in [1.82, 2.24) is 10.6 Å². The zero-order chi connectivity index (χ0) is 21.4. The Balaban J connectivity index is 1.94. The molecule has 0 aliphatic rings. The molecular formula is C22H27N3O4. The van der Waals surface area contributed by atoms with Crippen LogP contribution in [0, 0.1) is 0 Å². The third-order valence-electron chi connectivity index (χ3n) is 3.79. The van der Waals surface area contributed by atoms with Gasteiger partial charge in [0.25, 0.3) is 5.91 Å². The van der Waals surface area contributed by atoms with Crippen LogP contribution in [0.25, 0.3) is 0 Å². The SMILES string of the molecule is CC(C)NC(=O)c1ccccc1NC(=O)C(=O)NCc1ccc(OC(C)C)cc1. The molecule has 3 N–H and O–H groups in total. The fourth-order valence-electron chi connectivity index (χ4n) is 2.53. The van der Waals surface area contributed by atoms with Crippen LogP contribution in [0.1, 0.15) is 43.6 Å². The number of nitrogens with one attached hydrogen (secondary N) is 3. The molecule has 7 nitrogen and oxygen atoms in total. The minimum absolute atomic E-state index is 0.0492. The number of rotatable bonds is 7. The van der Waals surface area contributed by atoms with Crippen molar-refractivity contribution in [3.8, 4) is 5.75 Å². The fraction of sp³-hybridized carbons (Fsp3) is 0.318. The second-order valence-corrected chi connectivity index (χ2v) is 7.12. The summed E-state index contributed by atoms with van der Waals surface area (Å²) < 4.78 is 5.57. The summed E-state index contributed by atoms with van der Waals surface area (Å²) in [5, 5.41) is 7.83. The highest BCUT2D eigenvalue weighted by Gasteiger charge is 2.18. The van der Waals surface area contributed by atoms with Crippen molar-refractivity contribution >= 4 is 23.4 Å². The summed E-state index contributed by atoms with van der Waals surface area (Å²) in [4.78, 5) is 36.6. The van der Waals surface area contributed by atoms with E-state index in [0.29, 0.717) is 5.56 Å². The molecule has 0 saturated heterocycles. The Morgan fingerprint density at radius 1 is 0.897 bits per heavy atom. The predicted octanol–water partition coefficient (Wildman–Crippen LogP) is 2.87. The maximum absolute atomic E-state index is 12.3. The topological polar surface area (TPSA) is 96.5 Å². The first kappa shape index (κ1) is 21.9. The molecule has 7 heteroatoms. The summed E-state index contributed by atoms with van der Waals surface area (Å²) in [5.41, 5.74) is 1.41. The molecule has 2 rings (SSSR count). The van der Waals surface area contributed by atoms with Gasteiger partial charge in [0.2, 0.25) is 0 Å². The minimum Gasteiger partial charge on any atom is -0.491 e. The molecule has 0 heterocycles. The van der Waals surface area contributed by atoms with E-state index in [0.717, 1.165) is 11.3 Å². The van der Waals surface area contributed by atoms with Crippen LogP contribution in [0.15, 0.2) is 48.5 Å². The Labute approximate surface area is 170 Å². The van der Waals surface area contributed by atoms with E-state index in [4.69, 9.17) is 4.74 Å². The predicted molar refractivity (Wildman–Crippen MR) is 112 cm³/mol. The number of para-hydroxylation sites is 1. The van der Waals surface area contributed by atoms with Gasteiger partial charge in [-0.3, -0.25) is 14.4 Å². The largest absolute Gasteiger partial charge is 0.491 e. The van der Waals surface area contributed by atoms with Crippen molar-refractivity contribution in [2.24, 2.45) is 0 Å². The normalized spacial score (nSPS) is 10.6. The Bertz CT molecular complexity index is 861. The van der Waals surface area contributed by atoms with Gasteiger partial charge in [-0.15, -0.1) is 0 Å². The van der Waals surface area contributed by atoms with Crippen LogP contribution in [-0.4, -0.2) is 29.9 Å². The lowest BCUT2D eigenvalue weighted by molar-refractivity contribution is -0.136. The standard InChI is InChI=1S/C22H27N3O4/c1-14(2)24-20(26)18-7-5-6-8-19(18)25-22(28)21(27)23-13-16-9-11-17(12-10-16)29-15(3)4/h5-12,14-15H,13H2,1-4H3,(H,23,27)(H,24,26)(H,25,28). The van der Waals surface area contributed by atoms with Crippen LogP contribution in [-0.2, 0) is 16.1 Å². The van der Waals surface area contributed by atoms with Gasteiger partial charge >= 0.3 is 11.8 Å². The molecule has 0 bridgehead atoms. The molecule has 0 spiro atoms. The maximum Gasteiger partial charge on any atom is 0.313 e. The van der Waals surface area contributed by atoms with Gasteiger partial charge in [0.15, 0.2) is 0 Å². The Kier molecular flexibility index (Phi) is 7.77. The third kappa shape index (κ3) is 6.95. The Hall–Kier alpha value is -3.35. The molecular weight excluding hydrogens is 370 g/mol. The molecule has 0 fully saturated rings. The van der Waals surface area contributed by atoms with Crippen LogP contribution in [0.2, 0.25) is 0 Å². The summed E-state index contributed by atoms with van der Waals surface area (Å²) in [6, 6.07) is 13.8. The number of ether oxygens (including phenoxy) is 1. The lowest BCUT2D eigenvalue weighted by atomic mass is 10.1. The van der Waals surface area contributed by atoms with E-state index < -0.39 is 11.8 Å². The van der Waals surface area contributed by atoms with Crippen molar-refractivity contribution < 1.29 is 19.1 Å². The van der Waals surface area contributed by atoms with Crippen LogP contribution < -0.4 is 20.7 Å². The molecule has 154 valence electrons. The first-order chi connectivity index (χ1) is 13.8. The smallest absolute Gasteiger partial charge is 0.313 e. The molecule has 2 aromatic rings. The number of anilines is 1. The Morgan fingerprint density at radius 3 is 2.17 bits per heavy atom. The molecule has 29 heavy (non-hydrogen) atoms. The van der Waals surface area contributed by atoms with Gasteiger partial charge in [0, 0.05) is 12.6 Å². The quantitative estimate of drug-likeness (QED) is 0.626. The number of carbonyl (C=O) groups is 3. The summed E-state index contributed by atoms with van der Waals surface area (Å²) in [6.07, 6.45) is 0.0785. The minimum atomic E-state index is -0.838. The lowest BCUT2D eigenvalue weighted by Crippen LogP contribution is -2.36. The van der Waals surface area contributed by atoms with E-state index >= 15 is 0 Å². The third-order valence-corrected chi connectivity index (χ3v) is 3.79. The number of carbonyl (C=O) groups excluding carboxylic acids is 3. The maximum atomic E-state index is 12.3. The van der Waals surface area contributed by atoms with Gasteiger partial charge in [-0.1, -0.05) is 24.3 Å². The van der Waals surface area contributed by atoms with E-state index in [1.165, 1.54) is 0 Å². The van der Waals surface area contributed by atoms with Gasteiger partial charge in [-0.05, 0) is 57.5 Å². The van der Waals surface area contributed by atoms with Crippen LogP contribution in [0.5, 0.6) is 5.75 Å². The van der Waals surface area contributed by atoms with Gasteiger partial charge in [-0.25, -0.2) is 0 Å². The highest BCUT2D eigenvalue weighted by Crippen LogP contribution is 2.16. The van der Waals surface area contributed by atoms with Crippen molar-refractivity contribution in [1.29, 1.82) is 0 Å². The van der Waals surface area contributed by atoms with Gasteiger partial charge in [-0.2, -0.15) is 0 Å². The highest BCUT2D eigenvalue weighted by atomic mass is 16.5. The first-order valence-electron chi connectivity index (χ1n) is 9.51. The van der Waals surface area contributed by atoms with Crippen LogP contribution in [0.4, 0.5) is 5.69 Å². The van der Waals surface area contributed by atoms with Crippen molar-refractivity contribution in [3.63, 3.8) is 0 Å².